The summed E-state index contributed by atoms with van der Waals surface area (Å²) in [6.07, 6.45) is -10.8. The average Bonchev–Trinajstić information content (AvgIpc) is 2.56. The molecule has 0 aliphatic heterocycles. The number of rotatable bonds is 10. The van der Waals surface area contributed by atoms with Crippen LogP contribution in [0.3, 0.4) is 0 Å². The van der Waals surface area contributed by atoms with Crippen LogP contribution in [0.2, 0.25) is 0 Å². The predicted molar refractivity (Wildman–Crippen MR) is 66.1 cm³/mol. The second-order valence-electron chi connectivity index (χ2n) is 5.84. The van der Waals surface area contributed by atoms with Crippen LogP contribution in [0.15, 0.2) is 12.2 Å². The molecule has 0 aliphatic rings. The Morgan fingerprint density at radius 2 is 0.774 bits per heavy atom. The van der Waals surface area contributed by atoms with E-state index in [1.807, 2.05) is 0 Å². The van der Waals surface area contributed by atoms with Gasteiger partial charge in [0.25, 0.3) is 0 Å². The minimum absolute atomic E-state index is 0.396. The lowest BCUT2D eigenvalue weighted by molar-refractivity contribution is -0.461. The van der Waals surface area contributed by atoms with Gasteiger partial charge in [-0.15, -0.1) is 0 Å². The van der Waals surface area contributed by atoms with Gasteiger partial charge < -0.3 is 5.11 Å². The molecule has 0 spiro atoms. The third kappa shape index (κ3) is 4.27. The standard InChI is InChI=1S/C13H9F17O/c14-6(15,4-2-1-3-5-31)7(16,17)8(18,19)9(20,21)10(22,23)11(24,25)12(26,27)13(28,29)30/h1,3,31H,2,4-5H2/b3-1+. The van der Waals surface area contributed by atoms with Gasteiger partial charge in [-0.3, -0.25) is 0 Å². The van der Waals surface area contributed by atoms with Gasteiger partial charge in [0.2, 0.25) is 0 Å². The number of alkyl halides is 17. The summed E-state index contributed by atoms with van der Waals surface area (Å²) in [6, 6.07) is 0. The van der Waals surface area contributed by atoms with Crippen molar-refractivity contribution in [1.82, 2.24) is 0 Å². The minimum atomic E-state index is -8.61. The summed E-state index contributed by atoms with van der Waals surface area (Å²) in [5.74, 6) is -56.1. The predicted octanol–water partition coefficient (Wildman–Crippen LogP) is 6.32. The monoisotopic (exact) mass is 504 g/mol. The molecule has 0 saturated carbocycles. The van der Waals surface area contributed by atoms with Crippen LogP contribution in [0.25, 0.3) is 0 Å². The van der Waals surface area contributed by atoms with E-state index in [4.69, 9.17) is 5.11 Å². The maximum Gasteiger partial charge on any atom is 0.460 e. The highest BCUT2D eigenvalue weighted by Crippen LogP contribution is 2.64. The van der Waals surface area contributed by atoms with Crippen LogP contribution in [0, 0.1) is 0 Å². The minimum Gasteiger partial charge on any atom is -0.392 e. The first-order chi connectivity index (χ1) is 13.3. The molecule has 1 nitrogen and oxygen atoms in total. The van der Waals surface area contributed by atoms with Crippen molar-refractivity contribution in [3.8, 4) is 0 Å². The quantitative estimate of drug-likeness (QED) is 0.273. The van der Waals surface area contributed by atoms with E-state index in [0.29, 0.717) is 12.2 Å². The van der Waals surface area contributed by atoms with E-state index in [2.05, 4.69) is 0 Å². The van der Waals surface area contributed by atoms with E-state index in [0.717, 1.165) is 0 Å². The molecule has 0 atom stereocenters. The van der Waals surface area contributed by atoms with E-state index < -0.39 is 67.1 Å². The van der Waals surface area contributed by atoms with Gasteiger partial charge in [-0.25, -0.2) is 0 Å². The largest absolute Gasteiger partial charge is 0.460 e. The SMILES string of the molecule is OC/C=C/CCC(F)(F)C(F)(F)C(F)(F)C(F)(F)C(F)(F)C(F)(F)C(F)(F)C(F)(F)F. The van der Waals surface area contributed by atoms with Crippen molar-refractivity contribution in [2.75, 3.05) is 6.61 Å². The van der Waals surface area contributed by atoms with Crippen LogP contribution in [0.4, 0.5) is 74.6 Å². The second kappa shape index (κ2) is 8.13. The number of hydrogen-bond acceptors (Lipinski definition) is 1. The van der Waals surface area contributed by atoms with Crippen LogP contribution in [0.5, 0.6) is 0 Å². The van der Waals surface area contributed by atoms with Gasteiger partial charge in [0, 0.05) is 6.42 Å². The van der Waals surface area contributed by atoms with E-state index in [1.165, 1.54) is 0 Å². The zero-order valence-electron chi connectivity index (χ0n) is 14.1. The van der Waals surface area contributed by atoms with Gasteiger partial charge in [0.1, 0.15) is 0 Å². The highest BCUT2D eigenvalue weighted by Gasteiger charge is 2.95. The first kappa shape index (κ1) is 29.5. The number of aliphatic hydroxyl groups excluding tert-OH is 1. The van der Waals surface area contributed by atoms with Crippen molar-refractivity contribution in [1.29, 1.82) is 0 Å². The summed E-state index contributed by atoms with van der Waals surface area (Å²) in [5, 5.41) is 8.24. The van der Waals surface area contributed by atoms with Crippen molar-refractivity contribution in [3.05, 3.63) is 12.2 Å². The van der Waals surface area contributed by atoms with Crippen molar-refractivity contribution < 1.29 is 79.7 Å². The zero-order chi connectivity index (χ0) is 25.5. The topological polar surface area (TPSA) is 20.2 Å². The molecular weight excluding hydrogens is 495 g/mol. The molecule has 0 unspecified atom stereocenters. The number of hydrogen-bond donors (Lipinski definition) is 1. The Bertz CT molecular complexity index is 645. The van der Waals surface area contributed by atoms with Crippen molar-refractivity contribution >= 4 is 0 Å². The summed E-state index contributed by atoms with van der Waals surface area (Å²) in [4.78, 5) is 0. The number of halogens is 17. The Labute approximate surface area is 160 Å². The number of allylic oxidation sites excluding steroid dienone is 1. The summed E-state index contributed by atoms with van der Waals surface area (Å²) >= 11 is 0. The van der Waals surface area contributed by atoms with Gasteiger partial charge >= 0.3 is 47.6 Å². The third-order valence-electron chi connectivity index (χ3n) is 3.68. The maximum absolute atomic E-state index is 13.4. The molecule has 1 N–H and O–H groups in total. The first-order valence-electron chi connectivity index (χ1n) is 7.28. The lowest BCUT2D eigenvalue weighted by Gasteiger charge is -2.42. The Kier molecular flexibility index (Phi) is 7.74. The Morgan fingerprint density at radius 3 is 1.10 bits per heavy atom. The van der Waals surface area contributed by atoms with Gasteiger partial charge in [-0.05, 0) is 6.42 Å². The van der Waals surface area contributed by atoms with Crippen LogP contribution in [-0.4, -0.2) is 59.3 Å². The maximum atomic E-state index is 13.4. The first-order valence-corrected chi connectivity index (χ1v) is 7.28. The number of aliphatic hydroxyl groups is 1. The molecule has 18 heteroatoms. The summed E-state index contributed by atoms with van der Waals surface area (Å²) in [6.45, 7) is -0.912. The van der Waals surface area contributed by atoms with Gasteiger partial charge in [-0.2, -0.15) is 74.6 Å². The fourth-order valence-corrected chi connectivity index (χ4v) is 1.81. The second-order valence-corrected chi connectivity index (χ2v) is 5.84. The van der Waals surface area contributed by atoms with Gasteiger partial charge in [0.05, 0.1) is 6.61 Å². The smallest absolute Gasteiger partial charge is 0.392 e. The third-order valence-corrected chi connectivity index (χ3v) is 3.68. The zero-order valence-corrected chi connectivity index (χ0v) is 14.1. The molecular formula is C13H9F17O. The Hall–Kier alpha value is -1.49. The molecule has 0 radical (unpaired) electrons. The van der Waals surface area contributed by atoms with E-state index in [9.17, 15) is 74.6 Å². The lowest BCUT2D eigenvalue weighted by Crippen LogP contribution is -2.74. The highest BCUT2D eigenvalue weighted by molar-refractivity contribution is 5.15. The lowest BCUT2D eigenvalue weighted by atomic mass is 9.88. The molecule has 0 fully saturated rings. The molecule has 0 bridgehead atoms. The molecule has 0 aromatic heterocycles. The van der Waals surface area contributed by atoms with E-state index >= 15 is 0 Å². The molecule has 0 amide bonds. The molecule has 0 heterocycles. The molecule has 0 rings (SSSR count). The summed E-state index contributed by atoms with van der Waals surface area (Å²) in [5.41, 5.74) is 0. The fraction of sp³-hybridized carbons (Fsp3) is 0.846. The van der Waals surface area contributed by atoms with Crippen molar-refractivity contribution in [2.24, 2.45) is 0 Å². The van der Waals surface area contributed by atoms with Crippen molar-refractivity contribution in [2.45, 2.75) is 60.5 Å². The van der Waals surface area contributed by atoms with Crippen molar-refractivity contribution in [3.63, 3.8) is 0 Å². The fourth-order valence-electron chi connectivity index (χ4n) is 1.81. The summed E-state index contributed by atoms with van der Waals surface area (Å²) < 4.78 is 220. The van der Waals surface area contributed by atoms with Crippen LogP contribution >= 0.6 is 0 Å². The summed E-state index contributed by atoms with van der Waals surface area (Å²) in [7, 11) is 0. The van der Waals surface area contributed by atoms with E-state index in [1.54, 1.807) is 0 Å². The molecule has 186 valence electrons. The Morgan fingerprint density at radius 1 is 0.452 bits per heavy atom. The highest BCUT2D eigenvalue weighted by atomic mass is 19.4. The van der Waals surface area contributed by atoms with E-state index in [-0.39, 0.29) is 0 Å². The van der Waals surface area contributed by atoms with Gasteiger partial charge in [-0.1, -0.05) is 12.2 Å². The van der Waals surface area contributed by atoms with Gasteiger partial charge in [0.15, 0.2) is 0 Å². The molecule has 0 aromatic carbocycles. The average molecular weight is 504 g/mol. The Balaban J connectivity index is 6.46. The van der Waals surface area contributed by atoms with Crippen LogP contribution < -0.4 is 0 Å². The molecule has 0 aliphatic carbocycles. The van der Waals surface area contributed by atoms with Crippen LogP contribution in [0.1, 0.15) is 12.8 Å². The molecule has 0 saturated heterocycles. The normalized spacial score (nSPS) is 16.3. The molecule has 0 aromatic rings. The molecule has 31 heavy (non-hydrogen) atoms. The van der Waals surface area contributed by atoms with Crippen LogP contribution in [-0.2, 0) is 0 Å².